The van der Waals surface area contributed by atoms with E-state index < -0.39 is 42.7 Å². The highest BCUT2D eigenvalue weighted by Gasteiger charge is 2.35. The highest BCUT2D eigenvalue weighted by Crippen LogP contribution is 2.40. The normalized spacial score (nSPS) is 11.1. The van der Waals surface area contributed by atoms with Crippen LogP contribution in [0.25, 0.3) is 11.1 Å². The molecule has 0 saturated heterocycles. The molecule has 1 N–H and O–H groups in total. The summed E-state index contributed by atoms with van der Waals surface area (Å²) in [5, 5.41) is 11.3. The zero-order valence-electron chi connectivity index (χ0n) is 19.1. The average molecular weight is 520 g/mol. The van der Waals surface area contributed by atoms with Gasteiger partial charge in [-0.25, -0.2) is 17.8 Å². The van der Waals surface area contributed by atoms with Gasteiger partial charge in [0.25, 0.3) is 5.91 Å². The first-order valence-electron chi connectivity index (χ1n) is 10.9. The Hall–Kier alpha value is -4.08. The number of ether oxygens (including phenoxy) is 1. The predicted molar refractivity (Wildman–Crippen MR) is 136 cm³/mol. The van der Waals surface area contributed by atoms with Gasteiger partial charge in [0.1, 0.15) is 15.1 Å². The van der Waals surface area contributed by atoms with Crippen molar-refractivity contribution in [3.8, 4) is 17.0 Å². The lowest BCUT2D eigenvalue weighted by atomic mass is 10.0. The summed E-state index contributed by atoms with van der Waals surface area (Å²) in [5.41, 5.74) is -0.182. The molecule has 0 amide bonds. The average Bonchev–Trinajstić information content (AvgIpc) is 2.89. The van der Waals surface area contributed by atoms with Gasteiger partial charge in [-0.2, -0.15) is 0 Å². The van der Waals surface area contributed by atoms with Crippen molar-refractivity contribution in [3.63, 3.8) is 0 Å². The molecule has 0 spiro atoms. The third-order valence-corrected chi connectivity index (χ3v) is 7.74. The van der Waals surface area contributed by atoms with Crippen molar-refractivity contribution < 1.29 is 27.9 Å². The molecule has 4 aromatic rings. The van der Waals surface area contributed by atoms with E-state index in [1.807, 2.05) is 0 Å². The van der Waals surface area contributed by atoms with Crippen LogP contribution in [0, 0.1) is 4.64 Å². The molecule has 0 unspecified atom stereocenters. The van der Waals surface area contributed by atoms with Crippen LogP contribution >= 0.6 is 12.2 Å². The van der Waals surface area contributed by atoms with Gasteiger partial charge >= 0.3 is 5.97 Å². The van der Waals surface area contributed by atoms with E-state index in [9.17, 15) is 23.1 Å². The molecule has 36 heavy (non-hydrogen) atoms. The quantitative estimate of drug-likeness (QED) is 0.273. The van der Waals surface area contributed by atoms with Gasteiger partial charge in [0.2, 0.25) is 15.7 Å². The van der Waals surface area contributed by atoms with Crippen molar-refractivity contribution in [2.45, 2.75) is 16.7 Å². The van der Waals surface area contributed by atoms with Crippen LogP contribution in [0.3, 0.4) is 0 Å². The molecular formula is C27H21NO6S2. The number of hydrogen-bond acceptors (Lipinski definition) is 7. The topological polar surface area (TPSA) is 103 Å². The minimum atomic E-state index is -4.37. The van der Waals surface area contributed by atoms with Gasteiger partial charge < -0.3 is 9.84 Å². The number of aromatic nitrogens is 1. The van der Waals surface area contributed by atoms with E-state index in [0.29, 0.717) is 10.1 Å². The molecule has 182 valence electrons. The molecule has 4 rings (SSSR count). The lowest BCUT2D eigenvalue weighted by Crippen LogP contribution is -2.22. The molecule has 0 radical (unpaired) electrons. The van der Waals surface area contributed by atoms with Crippen LogP contribution in [0.2, 0.25) is 0 Å². The molecule has 9 heteroatoms. The number of carbonyl (C=O) groups is 2. The lowest BCUT2D eigenvalue weighted by molar-refractivity contribution is 0.0522. The Morgan fingerprint density at radius 2 is 1.42 bits per heavy atom. The van der Waals surface area contributed by atoms with Crippen LogP contribution < -0.4 is 0 Å². The van der Waals surface area contributed by atoms with E-state index in [4.69, 9.17) is 17.0 Å². The minimum absolute atomic E-state index is 0.0461. The summed E-state index contributed by atoms with van der Waals surface area (Å²) in [6.45, 7) is 1.53. The monoisotopic (exact) mass is 519 g/mol. The summed E-state index contributed by atoms with van der Waals surface area (Å²) in [4.78, 5) is 26.1. The fourth-order valence-corrected chi connectivity index (χ4v) is 5.95. The number of pyridine rings is 1. The molecule has 0 aliphatic carbocycles. The Bertz CT molecular complexity index is 1600. The second-order valence-electron chi connectivity index (χ2n) is 7.62. The number of sulfone groups is 1. The highest BCUT2D eigenvalue weighted by molar-refractivity contribution is 7.92. The maximum absolute atomic E-state index is 14.0. The molecule has 3 aromatic carbocycles. The summed E-state index contributed by atoms with van der Waals surface area (Å²) in [5.74, 6) is -2.60. The predicted octanol–water partition coefficient (Wildman–Crippen LogP) is 5.29. The molecule has 1 heterocycles. The van der Waals surface area contributed by atoms with Crippen LogP contribution in [0.15, 0.2) is 101 Å². The van der Waals surface area contributed by atoms with Crippen LogP contribution in [-0.4, -0.2) is 36.6 Å². The van der Waals surface area contributed by atoms with Gasteiger partial charge in [-0.1, -0.05) is 78.9 Å². The summed E-state index contributed by atoms with van der Waals surface area (Å²) in [6, 6.07) is 23.6. The number of benzene rings is 3. The van der Waals surface area contributed by atoms with Gasteiger partial charge in [0.05, 0.1) is 11.5 Å². The van der Waals surface area contributed by atoms with Crippen molar-refractivity contribution in [2.75, 3.05) is 6.61 Å². The fraction of sp³-hybridized carbons (Fsp3) is 0.0741. The standard InChI is InChI=1S/C27H21NO6S2/c1-2-34-27(31)22-21(18-12-6-3-7-13-18)23(36(32,33)20-16-10-5-11-17-20)26(35)28(25(22)30)24(29)19-14-8-4-9-15-19/h3-17,30H,2H2,1H3. The Labute approximate surface area is 213 Å². The van der Waals surface area contributed by atoms with Crippen molar-refractivity contribution >= 4 is 33.9 Å². The van der Waals surface area contributed by atoms with Crippen LogP contribution in [-0.2, 0) is 14.6 Å². The fourth-order valence-electron chi connectivity index (χ4n) is 3.78. The van der Waals surface area contributed by atoms with E-state index in [2.05, 4.69) is 0 Å². The third-order valence-electron chi connectivity index (χ3n) is 5.40. The zero-order chi connectivity index (χ0) is 25.9. The van der Waals surface area contributed by atoms with Crippen molar-refractivity contribution in [1.82, 2.24) is 4.57 Å². The van der Waals surface area contributed by atoms with Crippen molar-refractivity contribution in [2.24, 2.45) is 0 Å². The smallest absolute Gasteiger partial charge is 0.344 e. The van der Waals surface area contributed by atoms with E-state index in [-0.39, 0.29) is 22.6 Å². The molecule has 0 aliphatic rings. The molecule has 0 bridgehead atoms. The summed E-state index contributed by atoms with van der Waals surface area (Å²) in [6.07, 6.45) is 0. The van der Waals surface area contributed by atoms with E-state index in [1.54, 1.807) is 73.7 Å². The van der Waals surface area contributed by atoms with Crippen molar-refractivity contribution in [1.29, 1.82) is 0 Å². The second-order valence-corrected chi connectivity index (χ2v) is 9.89. The summed E-state index contributed by atoms with van der Waals surface area (Å²) < 4.78 is 33.3. The Morgan fingerprint density at radius 1 is 0.889 bits per heavy atom. The largest absolute Gasteiger partial charge is 0.493 e. The first-order chi connectivity index (χ1) is 17.3. The van der Waals surface area contributed by atoms with Crippen molar-refractivity contribution in [3.05, 3.63) is 107 Å². The molecular weight excluding hydrogens is 498 g/mol. The molecule has 0 aliphatic heterocycles. The number of carbonyl (C=O) groups excluding carboxylic acids is 2. The number of aromatic hydroxyl groups is 1. The number of esters is 1. The summed E-state index contributed by atoms with van der Waals surface area (Å²) >= 11 is 5.55. The molecule has 1 aromatic heterocycles. The van der Waals surface area contributed by atoms with Crippen LogP contribution in [0.1, 0.15) is 27.6 Å². The minimum Gasteiger partial charge on any atom is -0.493 e. The zero-order valence-corrected chi connectivity index (χ0v) is 20.8. The third kappa shape index (κ3) is 4.46. The van der Waals surface area contributed by atoms with Gasteiger partial charge in [-0.3, -0.25) is 4.79 Å². The first-order valence-corrected chi connectivity index (χ1v) is 12.8. The molecule has 0 fully saturated rings. The van der Waals surface area contributed by atoms with Gasteiger partial charge in [-0.05, 0) is 36.8 Å². The molecule has 7 nitrogen and oxygen atoms in total. The van der Waals surface area contributed by atoms with Gasteiger partial charge in [0, 0.05) is 11.1 Å². The molecule has 0 saturated carbocycles. The SMILES string of the molecule is CCOC(=O)c1c(-c2ccccc2)c(S(=O)(=O)c2ccccc2)c(=S)n(C(=O)c2ccccc2)c1O. The Kier molecular flexibility index (Phi) is 7.14. The lowest BCUT2D eigenvalue weighted by Gasteiger charge is -2.20. The Morgan fingerprint density at radius 3 is 1.97 bits per heavy atom. The maximum atomic E-state index is 14.0. The van der Waals surface area contributed by atoms with Gasteiger partial charge in [0.15, 0.2) is 0 Å². The van der Waals surface area contributed by atoms with E-state index in [1.165, 1.54) is 24.3 Å². The number of rotatable bonds is 6. The highest BCUT2D eigenvalue weighted by atomic mass is 32.2. The van der Waals surface area contributed by atoms with E-state index in [0.717, 1.165) is 0 Å². The van der Waals surface area contributed by atoms with E-state index >= 15 is 0 Å². The van der Waals surface area contributed by atoms with Crippen LogP contribution in [0.5, 0.6) is 5.88 Å². The number of hydrogen-bond donors (Lipinski definition) is 1. The molecule has 0 atom stereocenters. The van der Waals surface area contributed by atoms with Crippen LogP contribution in [0.4, 0.5) is 0 Å². The first kappa shape index (κ1) is 25.0. The number of nitrogens with zero attached hydrogens (tertiary/aromatic N) is 1. The van der Waals surface area contributed by atoms with Gasteiger partial charge in [-0.15, -0.1) is 0 Å². The summed E-state index contributed by atoms with van der Waals surface area (Å²) in [7, 11) is -4.37. The maximum Gasteiger partial charge on any atom is 0.344 e. The Balaban J connectivity index is 2.21. The second kappa shape index (κ2) is 10.3.